The van der Waals surface area contributed by atoms with Crippen LogP contribution in [0.1, 0.15) is 18.4 Å². The van der Waals surface area contributed by atoms with Gasteiger partial charge in [0.1, 0.15) is 0 Å². The maximum Gasteiger partial charge on any atom is 0.243 e. The molecule has 1 saturated carbocycles. The first-order chi connectivity index (χ1) is 9.41. The number of fused-ring (bicyclic) bond motifs is 1. The molecule has 0 amide bonds. The summed E-state index contributed by atoms with van der Waals surface area (Å²) in [4.78, 5) is 0.327. The molecule has 0 spiro atoms. The first-order valence-corrected chi connectivity index (χ1v) is 9.50. The fraction of sp³-hybridized carbons (Fsp3) is 0.571. The van der Waals surface area contributed by atoms with Gasteiger partial charge in [0, 0.05) is 22.4 Å². The number of aryl methyl sites for hydroxylation is 1. The van der Waals surface area contributed by atoms with E-state index in [4.69, 9.17) is 0 Å². The lowest BCUT2D eigenvalue weighted by molar-refractivity contribution is 0.147. The summed E-state index contributed by atoms with van der Waals surface area (Å²) in [6, 6.07) is 6.89. The topological polar surface area (TPSA) is 57.6 Å². The van der Waals surface area contributed by atoms with Crippen LogP contribution >= 0.6 is 22.6 Å². The van der Waals surface area contributed by atoms with Crippen LogP contribution in [0.5, 0.6) is 0 Å². The van der Waals surface area contributed by atoms with Gasteiger partial charge in [-0.3, -0.25) is 0 Å². The molecule has 1 aromatic rings. The molecule has 1 N–H and O–H groups in total. The highest BCUT2D eigenvalue weighted by Crippen LogP contribution is 2.44. The minimum absolute atomic E-state index is 0.0433. The van der Waals surface area contributed by atoms with Crippen molar-refractivity contribution >= 4 is 32.6 Å². The number of alkyl halides is 1. The number of halogens is 1. The molecule has 1 heterocycles. The van der Waals surface area contributed by atoms with Crippen molar-refractivity contribution in [2.45, 2.75) is 40.7 Å². The van der Waals surface area contributed by atoms with Crippen molar-refractivity contribution in [3.05, 3.63) is 29.8 Å². The number of β-amino-alcohol motifs (C(OH)–C–C–N with tert-alkyl or cyclic N) is 1. The number of aliphatic hydroxyl groups excluding tert-OH is 1. The minimum Gasteiger partial charge on any atom is -0.391 e. The normalized spacial score (nSPS) is 34.4. The van der Waals surface area contributed by atoms with Crippen molar-refractivity contribution in [1.29, 1.82) is 0 Å². The Morgan fingerprint density at radius 2 is 1.90 bits per heavy atom. The molecule has 1 aliphatic heterocycles. The lowest BCUT2D eigenvalue weighted by Crippen LogP contribution is -2.36. The Kier molecular flexibility index (Phi) is 3.85. The zero-order valence-corrected chi connectivity index (χ0v) is 14.2. The van der Waals surface area contributed by atoms with Gasteiger partial charge in [-0.05, 0) is 31.9 Å². The SMILES string of the molecule is Cc1ccc(S(=O)(=O)N2CC(O)[C@@H]3[C@@H](I)CC[C@@H]32)cc1. The second kappa shape index (κ2) is 5.23. The highest BCUT2D eigenvalue weighted by Gasteiger charge is 2.52. The summed E-state index contributed by atoms with van der Waals surface area (Å²) in [5, 5.41) is 10.2. The first-order valence-electron chi connectivity index (χ1n) is 6.82. The first kappa shape index (κ1) is 14.7. The number of hydrogen-bond donors (Lipinski definition) is 1. The number of aliphatic hydroxyl groups is 1. The van der Waals surface area contributed by atoms with Crippen LogP contribution < -0.4 is 0 Å². The summed E-state index contributed by atoms with van der Waals surface area (Å²) in [6.07, 6.45) is 1.29. The van der Waals surface area contributed by atoms with Crippen molar-refractivity contribution in [2.75, 3.05) is 6.54 Å². The van der Waals surface area contributed by atoms with Crippen LogP contribution in [0.15, 0.2) is 29.2 Å². The number of rotatable bonds is 2. The third-order valence-corrected chi connectivity index (χ3v) is 7.77. The van der Waals surface area contributed by atoms with Gasteiger partial charge in [-0.2, -0.15) is 4.31 Å². The second-order valence-electron chi connectivity index (χ2n) is 5.69. The van der Waals surface area contributed by atoms with Crippen LogP contribution in [0.3, 0.4) is 0 Å². The molecule has 4 nitrogen and oxygen atoms in total. The van der Waals surface area contributed by atoms with Crippen LogP contribution in [0.2, 0.25) is 0 Å². The van der Waals surface area contributed by atoms with Gasteiger partial charge >= 0.3 is 0 Å². The monoisotopic (exact) mass is 407 g/mol. The summed E-state index contributed by atoms with van der Waals surface area (Å²) in [5.41, 5.74) is 1.04. The Labute approximate surface area is 133 Å². The van der Waals surface area contributed by atoms with Crippen molar-refractivity contribution in [1.82, 2.24) is 4.31 Å². The molecule has 1 saturated heterocycles. The summed E-state index contributed by atoms with van der Waals surface area (Å²) < 4.78 is 27.4. The third-order valence-electron chi connectivity index (χ3n) is 4.41. The van der Waals surface area contributed by atoms with Crippen molar-refractivity contribution in [2.24, 2.45) is 5.92 Å². The van der Waals surface area contributed by atoms with Crippen molar-refractivity contribution in [3.63, 3.8) is 0 Å². The quantitative estimate of drug-likeness (QED) is 0.603. The molecule has 0 aromatic heterocycles. The van der Waals surface area contributed by atoms with E-state index in [1.54, 1.807) is 12.1 Å². The van der Waals surface area contributed by atoms with Gasteiger partial charge in [0.25, 0.3) is 0 Å². The second-order valence-corrected chi connectivity index (χ2v) is 9.18. The summed E-state index contributed by atoms with van der Waals surface area (Å²) in [5.74, 6) is 0.0795. The maximum atomic E-state index is 12.8. The van der Waals surface area contributed by atoms with E-state index in [0.29, 0.717) is 8.82 Å². The van der Waals surface area contributed by atoms with Crippen molar-refractivity contribution in [3.8, 4) is 0 Å². The van der Waals surface area contributed by atoms with Crippen LogP contribution in [0.25, 0.3) is 0 Å². The van der Waals surface area contributed by atoms with E-state index in [2.05, 4.69) is 22.6 Å². The van der Waals surface area contributed by atoms with Crippen LogP contribution in [-0.4, -0.2) is 40.4 Å². The predicted octanol–water partition coefficient (Wildman–Crippen LogP) is 1.94. The fourth-order valence-corrected chi connectivity index (χ4v) is 6.37. The largest absolute Gasteiger partial charge is 0.391 e. The zero-order valence-electron chi connectivity index (χ0n) is 11.2. The van der Waals surface area contributed by atoms with E-state index in [-0.39, 0.29) is 18.5 Å². The van der Waals surface area contributed by atoms with Gasteiger partial charge in [-0.25, -0.2) is 8.42 Å². The highest BCUT2D eigenvalue weighted by molar-refractivity contribution is 14.1. The number of nitrogens with zero attached hydrogens (tertiary/aromatic N) is 1. The molecular formula is C14H18INO3S. The molecular weight excluding hydrogens is 389 g/mol. The van der Waals surface area contributed by atoms with Gasteiger partial charge in [0.15, 0.2) is 0 Å². The lowest BCUT2D eigenvalue weighted by Gasteiger charge is -2.23. The Bertz CT molecular complexity index is 601. The standard InChI is InChI=1S/C14H18INO3S/c1-9-2-4-10(5-3-9)20(18,19)16-8-13(17)14-11(15)6-7-12(14)16/h2-5,11-14,17H,6-8H2,1H3/t11-,12-,13?,14+/m0/s1. The maximum absolute atomic E-state index is 12.8. The molecule has 2 aliphatic rings. The molecule has 0 bridgehead atoms. The van der Waals surface area contributed by atoms with Gasteiger partial charge < -0.3 is 5.11 Å². The number of sulfonamides is 1. The fourth-order valence-electron chi connectivity index (χ4n) is 3.35. The van der Waals surface area contributed by atoms with Gasteiger partial charge in [0.2, 0.25) is 10.0 Å². The minimum atomic E-state index is -3.50. The Hall–Kier alpha value is -0.180. The molecule has 1 aromatic carbocycles. The smallest absolute Gasteiger partial charge is 0.243 e. The molecule has 0 radical (unpaired) electrons. The molecule has 6 heteroatoms. The summed E-state index contributed by atoms with van der Waals surface area (Å²) in [6.45, 7) is 2.16. The predicted molar refractivity (Wildman–Crippen MR) is 85.4 cm³/mol. The Morgan fingerprint density at radius 1 is 1.25 bits per heavy atom. The number of hydrogen-bond acceptors (Lipinski definition) is 3. The molecule has 1 aliphatic carbocycles. The molecule has 1 unspecified atom stereocenters. The summed E-state index contributed by atoms with van der Waals surface area (Å²) >= 11 is 2.34. The lowest BCUT2D eigenvalue weighted by atomic mass is 10.0. The van der Waals surface area contributed by atoms with Crippen LogP contribution in [-0.2, 0) is 10.0 Å². The Morgan fingerprint density at radius 3 is 2.55 bits per heavy atom. The molecule has 4 atom stereocenters. The van der Waals surface area contributed by atoms with E-state index in [9.17, 15) is 13.5 Å². The van der Waals surface area contributed by atoms with E-state index in [0.717, 1.165) is 18.4 Å². The molecule has 20 heavy (non-hydrogen) atoms. The molecule has 2 fully saturated rings. The zero-order chi connectivity index (χ0) is 14.5. The molecule has 3 rings (SSSR count). The van der Waals surface area contributed by atoms with E-state index in [1.165, 1.54) is 4.31 Å². The third kappa shape index (κ3) is 2.30. The van der Waals surface area contributed by atoms with Gasteiger partial charge in [0.05, 0.1) is 11.0 Å². The van der Waals surface area contributed by atoms with E-state index < -0.39 is 16.1 Å². The van der Waals surface area contributed by atoms with Crippen molar-refractivity contribution < 1.29 is 13.5 Å². The summed E-state index contributed by atoms with van der Waals surface area (Å²) in [7, 11) is -3.50. The average molecular weight is 407 g/mol. The van der Waals surface area contributed by atoms with Crippen LogP contribution in [0.4, 0.5) is 0 Å². The number of benzene rings is 1. The van der Waals surface area contributed by atoms with Gasteiger partial charge in [-0.1, -0.05) is 40.3 Å². The van der Waals surface area contributed by atoms with E-state index >= 15 is 0 Å². The van der Waals surface area contributed by atoms with Crippen LogP contribution in [0, 0.1) is 12.8 Å². The Balaban J connectivity index is 1.94. The molecule has 110 valence electrons. The average Bonchev–Trinajstić information content (AvgIpc) is 2.93. The van der Waals surface area contributed by atoms with E-state index in [1.807, 2.05) is 19.1 Å². The highest BCUT2D eigenvalue weighted by atomic mass is 127. The van der Waals surface area contributed by atoms with Gasteiger partial charge in [-0.15, -0.1) is 0 Å².